The highest BCUT2D eigenvalue weighted by atomic mass is 35.5. The Labute approximate surface area is 217 Å². The van der Waals surface area contributed by atoms with E-state index in [-0.39, 0.29) is 29.5 Å². The van der Waals surface area contributed by atoms with E-state index < -0.39 is 0 Å². The number of nitrogens with one attached hydrogen (secondary N) is 1. The van der Waals surface area contributed by atoms with Crippen LogP contribution in [0.25, 0.3) is 6.08 Å². The molecular weight excluding hydrogens is 472 g/mol. The van der Waals surface area contributed by atoms with Gasteiger partial charge in [-0.3, -0.25) is 14.5 Å². The molecule has 0 saturated carbocycles. The Morgan fingerprint density at radius 1 is 1.03 bits per heavy atom. The van der Waals surface area contributed by atoms with E-state index in [0.717, 1.165) is 23.1 Å². The third kappa shape index (κ3) is 6.16. The van der Waals surface area contributed by atoms with Gasteiger partial charge in [-0.25, -0.2) is 0 Å². The van der Waals surface area contributed by atoms with Gasteiger partial charge in [-0.2, -0.15) is 0 Å². The first-order valence-electron chi connectivity index (χ1n) is 12.0. The molecule has 2 amide bonds. The van der Waals surface area contributed by atoms with Crippen molar-refractivity contribution in [3.8, 4) is 5.75 Å². The lowest BCUT2D eigenvalue weighted by Gasteiger charge is -2.32. The molecule has 0 saturated heterocycles. The third-order valence-electron chi connectivity index (χ3n) is 6.12. The quantitative estimate of drug-likeness (QED) is 0.416. The SMILES string of the molecule is Cc1ccc(CCNC(=O)CN2C(=O)C(=Cc3ccc(Cl)cc3)Oc3ccc(C(C)(C)C)cc32)cc1. The molecule has 0 fully saturated rings. The van der Waals surface area contributed by atoms with Crippen molar-refractivity contribution in [1.29, 1.82) is 0 Å². The second kappa shape index (κ2) is 10.6. The summed E-state index contributed by atoms with van der Waals surface area (Å²) in [5.41, 5.74) is 4.64. The van der Waals surface area contributed by atoms with Gasteiger partial charge < -0.3 is 10.1 Å². The van der Waals surface area contributed by atoms with Crippen LogP contribution in [0.3, 0.4) is 0 Å². The lowest BCUT2D eigenvalue weighted by Crippen LogP contribution is -2.44. The molecule has 0 aliphatic carbocycles. The number of hydrogen-bond acceptors (Lipinski definition) is 3. The molecule has 1 N–H and O–H groups in total. The Bertz CT molecular complexity index is 1290. The first-order chi connectivity index (χ1) is 17.1. The fourth-order valence-corrected chi connectivity index (χ4v) is 4.07. The first-order valence-corrected chi connectivity index (χ1v) is 12.4. The number of amides is 2. The minimum Gasteiger partial charge on any atom is -0.449 e. The zero-order chi connectivity index (χ0) is 25.9. The Kier molecular flexibility index (Phi) is 7.51. The molecule has 1 heterocycles. The summed E-state index contributed by atoms with van der Waals surface area (Å²) in [6.07, 6.45) is 2.39. The van der Waals surface area contributed by atoms with Crippen molar-refractivity contribution in [3.05, 3.63) is 99.8 Å². The second-order valence-electron chi connectivity index (χ2n) is 10.1. The van der Waals surface area contributed by atoms with Crippen molar-refractivity contribution in [3.63, 3.8) is 0 Å². The van der Waals surface area contributed by atoms with Crippen molar-refractivity contribution < 1.29 is 14.3 Å². The van der Waals surface area contributed by atoms with Crippen LogP contribution in [0.1, 0.15) is 43.0 Å². The van der Waals surface area contributed by atoms with Crippen molar-refractivity contribution >= 4 is 35.2 Å². The van der Waals surface area contributed by atoms with E-state index in [0.29, 0.717) is 23.0 Å². The van der Waals surface area contributed by atoms with Gasteiger partial charge >= 0.3 is 0 Å². The van der Waals surface area contributed by atoms with E-state index in [9.17, 15) is 9.59 Å². The molecule has 36 heavy (non-hydrogen) atoms. The maximum atomic E-state index is 13.5. The van der Waals surface area contributed by atoms with Gasteiger partial charge in [0.2, 0.25) is 5.91 Å². The van der Waals surface area contributed by atoms with Gasteiger partial charge in [0.05, 0.1) is 5.69 Å². The van der Waals surface area contributed by atoms with Crippen molar-refractivity contribution in [2.45, 2.75) is 39.5 Å². The molecule has 6 heteroatoms. The van der Waals surface area contributed by atoms with Gasteiger partial charge in [0.25, 0.3) is 5.91 Å². The predicted molar refractivity (Wildman–Crippen MR) is 145 cm³/mol. The molecule has 186 valence electrons. The van der Waals surface area contributed by atoms with E-state index in [1.807, 2.05) is 37.3 Å². The predicted octanol–water partition coefficient (Wildman–Crippen LogP) is 6.07. The van der Waals surface area contributed by atoms with Gasteiger partial charge in [-0.1, -0.05) is 80.4 Å². The Balaban J connectivity index is 1.57. The molecular formula is C30H31ClN2O3. The first kappa shape index (κ1) is 25.5. The van der Waals surface area contributed by atoms with Crippen molar-refractivity contribution in [2.24, 2.45) is 0 Å². The number of carbonyl (C=O) groups excluding carboxylic acids is 2. The highest BCUT2D eigenvalue weighted by Gasteiger charge is 2.33. The number of hydrogen-bond donors (Lipinski definition) is 1. The normalized spacial score (nSPS) is 14.4. The summed E-state index contributed by atoms with van der Waals surface area (Å²) in [5.74, 6) is 0.101. The number of aryl methyl sites for hydroxylation is 1. The summed E-state index contributed by atoms with van der Waals surface area (Å²) >= 11 is 6.00. The summed E-state index contributed by atoms with van der Waals surface area (Å²) in [7, 11) is 0. The van der Waals surface area contributed by atoms with Gasteiger partial charge in [-0.05, 0) is 65.8 Å². The van der Waals surface area contributed by atoms with Crippen LogP contribution in [-0.2, 0) is 21.4 Å². The fraction of sp³-hybridized carbons (Fsp3) is 0.267. The van der Waals surface area contributed by atoms with Crippen LogP contribution >= 0.6 is 11.6 Å². The summed E-state index contributed by atoms with van der Waals surface area (Å²) in [4.78, 5) is 27.9. The van der Waals surface area contributed by atoms with Gasteiger partial charge in [0.15, 0.2) is 11.5 Å². The van der Waals surface area contributed by atoms with Gasteiger partial charge in [0.1, 0.15) is 6.54 Å². The molecule has 4 rings (SSSR count). The van der Waals surface area contributed by atoms with E-state index in [1.165, 1.54) is 10.5 Å². The Hall–Kier alpha value is -3.57. The minimum absolute atomic E-state index is 0.103. The molecule has 0 bridgehead atoms. The van der Waals surface area contributed by atoms with Crippen LogP contribution in [0.15, 0.2) is 72.5 Å². The van der Waals surface area contributed by atoms with E-state index in [2.05, 4.69) is 50.4 Å². The zero-order valence-corrected chi connectivity index (χ0v) is 21.9. The van der Waals surface area contributed by atoms with Crippen LogP contribution in [0.2, 0.25) is 5.02 Å². The van der Waals surface area contributed by atoms with E-state index in [4.69, 9.17) is 16.3 Å². The van der Waals surface area contributed by atoms with Crippen LogP contribution in [-0.4, -0.2) is 24.9 Å². The molecule has 3 aromatic carbocycles. The molecule has 5 nitrogen and oxygen atoms in total. The number of ether oxygens (including phenoxy) is 1. The number of carbonyl (C=O) groups is 2. The highest BCUT2D eigenvalue weighted by molar-refractivity contribution is 6.30. The zero-order valence-electron chi connectivity index (χ0n) is 21.1. The van der Waals surface area contributed by atoms with Crippen LogP contribution in [0.5, 0.6) is 5.75 Å². The van der Waals surface area contributed by atoms with Crippen LogP contribution in [0, 0.1) is 6.92 Å². The fourth-order valence-electron chi connectivity index (χ4n) is 3.94. The summed E-state index contributed by atoms with van der Waals surface area (Å²) in [6, 6.07) is 21.2. The number of rotatable bonds is 6. The molecule has 0 spiro atoms. The van der Waals surface area contributed by atoms with E-state index in [1.54, 1.807) is 18.2 Å². The van der Waals surface area contributed by atoms with Gasteiger partial charge in [-0.15, -0.1) is 0 Å². The van der Waals surface area contributed by atoms with Gasteiger partial charge in [0, 0.05) is 11.6 Å². The van der Waals surface area contributed by atoms with Crippen LogP contribution in [0.4, 0.5) is 5.69 Å². The van der Waals surface area contributed by atoms with Crippen molar-refractivity contribution in [2.75, 3.05) is 18.0 Å². The largest absolute Gasteiger partial charge is 0.449 e. The molecule has 1 aliphatic rings. The lowest BCUT2D eigenvalue weighted by atomic mass is 9.86. The molecule has 0 radical (unpaired) electrons. The molecule has 1 aliphatic heterocycles. The number of halogens is 1. The van der Waals surface area contributed by atoms with Crippen molar-refractivity contribution in [1.82, 2.24) is 5.32 Å². The topological polar surface area (TPSA) is 58.6 Å². The average Bonchev–Trinajstić information content (AvgIpc) is 2.83. The molecule has 0 atom stereocenters. The maximum Gasteiger partial charge on any atom is 0.294 e. The van der Waals surface area contributed by atoms with E-state index >= 15 is 0 Å². The second-order valence-corrected chi connectivity index (χ2v) is 10.5. The summed E-state index contributed by atoms with van der Waals surface area (Å²) in [5, 5.41) is 3.56. The Morgan fingerprint density at radius 2 is 1.72 bits per heavy atom. The monoisotopic (exact) mass is 502 g/mol. The molecule has 0 unspecified atom stereocenters. The average molecular weight is 503 g/mol. The standard InChI is InChI=1S/C30H31ClN2O3/c1-20-5-7-21(8-6-20)15-16-32-28(34)19-33-25-18-23(30(2,3)4)11-14-26(25)36-27(29(33)35)17-22-9-12-24(31)13-10-22/h5-14,17-18H,15-16,19H2,1-4H3,(H,32,34). The number of anilines is 1. The highest BCUT2D eigenvalue weighted by Crippen LogP contribution is 2.39. The number of nitrogens with zero attached hydrogens (tertiary/aromatic N) is 1. The minimum atomic E-state index is -0.364. The number of benzene rings is 3. The summed E-state index contributed by atoms with van der Waals surface area (Å²) in [6.45, 7) is 8.75. The smallest absolute Gasteiger partial charge is 0.294 e. The lowest BCUT2D eigenvalue weighted by molar-refractivity contribution is -0.123. The van der Waals surface area contributed by atoms with Crippen LogP contribution < -0.4 is 15.0 Å². The Morgan fingerprint density at radius 3 is 2.39 bits per heavy atom. The maximum absolute atomic E-state index is 13.5. The molecule has 3 aromatic rings. The summed E-state index contributed by atoms with van der Waals surface area (Å²) < 4.78 is 6.01. The number of fused-ring (bicyclic) bond motifs is 1. The third-order valence-corrected chi connectivity index (χ3v) is 6.37. The molecule has 0 aromatic heterocycles.